The quantitative estimate of drug-likeness (QED) is 0.522. The van der Waals surface area contributed by atoms with E-state index in [1.165, 1.54) is 0 Å². The summed E-state index contributed by atoms with van der Waals surface area (Å²) in [5.41, 5.74) is 3.80. The number of pyridine rings is 1. The van der Waals surface area contributed by atoms with Crippen molar-refractivity contribution in [3.05, 3.63) is 23.4 Å². The zero-order valence-electron chi connectivity index (χ0n) is 13.0. The molecule has 118 valence electrons. The summed E-state index contributed by atoms with van der Waals surface area (Å²) in [5.74, 6) is 6.46. The lowest BCUT2D eigenvalue weighted by Crippen LogP contribution is -2.33. The number of anilines is 1. The number of carbonyl (C=O) groups excluding carboxylic acids is 1. The van der Waals surface area contributed by atoms with Gasteiger partial charge < -0.3 is 10.7 Å². The Morgan fingerprint density at radius 2 is 2.05 bits per heavy atom. The second-order valence-electron chi connectivity index (χ2n) is 5.41. The van der Waals surface area contributed by atoms with Crippen molar-refractivity contribution in [2.75, 3.05) is 17.4 Å². The minimum absolute atomic E-state index is 0.0358. The van der Waals surface area contributed by atoms with Crippen molar-refractivity contribution in [1.82, 2.24) is 10.3 Å². The fourth-order valence-corrected chi connectivity index (χ4v) is 2.46. The third-order valence-corrected chi connectivity index (χ3v) is 3.87. The summed E-state index contributed by atoms with van der Waals surface area (Å²) < 4.78 is 11.1. The first kappa shape index (κ1) is 17.6. The molecule has 0 fully saturated rings. The van der Waals surface area contributed by atoms with Gasteiger partial charge in [0.2, 0.25) is 0 Å². The first-order valence-electron chi connectivity index (χ1n) is 6.93. The number of nitrogen functional groups attached to an aromatic ring is 1. The van der Waals surface area contributed by atoms with Crippen molar-refractivity contribution in [3.63, 3.8) is 0 Å². The highest BCUT2D eigenvalue weighted by Gasteiger charge is 2.14. The summed E-state index contributed by atoms with van der Waals surface area (Å²) in [6.45, 7) is 5.91. The molecule has 1 aromatic rings. The highest BCUT2D eigenvalue weighted by Crippen LogP contribution is 2.17. The highest BCUT2D eigenvalue weighted by molar-refractivity contribution is 7.84. The van der Waals surface area contributed by atoms with Crippen LogP contribution in [0.2, 0.25) is 0 Å². The Kier molecular flexibility index (Phi) is 6.77. The van der Waals surface area contributed by atoms with E-state index >= 15 is 0 Å². The Balaban J connectivity index is 2.81. The number of nitrogens with zero attached hydrogens (tertiary/aromatic N) is 1. The molecule has 0 spiro atoms. The second kappa shape index (κ2) is 8.09. The molecule has 1 heterocycles. The van der Waals surface area contributed by atoms with E-state index in [1.807, 2.05) is 20.8 Å². The molecule has 4 N–H and O–H groups in total. The number of nitrogens with one attached hydrogen (secondary N) is 2. The average Bonchev–Trinajstić information content (AvgIpc) is 2.44. The van der Waals surface area contributed by atoms with Gasteiger partial charge >= 0.3 is 0 Å². The Morgan fingerprint density at radius 3 is 2.57 bits per heavy atom. The topological polar surface area (TPSA) is 97.1 Å². The molecule has 6 nitrogen and oxygen atoms in total. The lowest BCUT2D eigenvalue weighted by Gasteiger charge is -2.15. The van der Waals surface area contributed by atoms with E-state index in [9.17, 15) is 9.00 Å². The van der Waals surface area contributed by atoms with Gasteiger partial charge in [0.05, 0.1) is 0 Å². The second-order valence-corrected chi connectivity index (χ2v) is 6.96. The first-order valence-corrected chi connectivity index (χ1v) is 8.65. The summed E-state index contributed by atoms with van der Waals surface area (Å²) in [6.07, 6.45) is 2.34. The van der Waals surface area contributed by atoms with Gasteiger partial charge in [-0.2, -0.15) is 0 Å². The van der Waals surface area contributed by atoms with Gasteiger partial charge in [-0.15, -0.1) is 0 Å². The van der Waals surface area contributed by atoms with Crippen molar-refractivity contribution in [2.45, 2.75) is 39.2 Å². The maximum atomic E-state index is 12.3. The van der Waals surface area contributed by atoms with Crippen LogP contribution in [0.25, 0.3) is 0 Å². The molecule has 0 radical (unpaired) electrons. The largest absolute Gasteiger partial charge is 0.350 e. The minimum Gasteiger partial charge on any atom is -0.350 e. The number of nitrogens with two attached hydrogens (primary N) is 1. The molecule has 2 atom stereocenters. The third-order valence-electron chi connectivity index (χ3n) is 3.06. The molecule has 1 amide bonds. The van der Waals surface area contributed by atoms with Crippen LogP contribution < -0.4 is 16.6 Å². The zero-order valence-corrected chi connectivity index (χ0v) is 13.8. The number of carbonyl (C=O) groups is 1. The molecule has 0 aliphatic heterocycles. The van der Waals surface area contributed by atoms with Crippen LogP contribution in [-0.2, 0) is 10.8 Å². The van der Waals surface area contributed by atoms with Crippen molar-refractivity contribution >= 4 is 22.5 Å². The fraction of sp³-hybridized carbons (Fsp3) is 0.571. The van der Waals surface area contributed by atoms with Crippen LogP contribution in [0.1, 0.15) is 49.2 Å². The smallest absolute Gasteiger partial charge is 0.251 e. The van der Waals surface area contributed by atoms with Crippen LogP contribution >= 0.6 is 0 Å². The summed E-state index contributed by atoms with van der Waals surface area (Å²) in [4.78, 5) is 16.6. The monoisotopic (exact) mass is 312 g/mol. The molecule has 0 saturated heterocycles. The number of aromatic nitrogens is 1. The predicted octanol–water partition coefficient (Wildman–Crippen LogP) is 1.38. The van der Waals surface area contributed by atoms with Gasteiger partial charge in [-0.3, -0.25) is 9.00 Å². The number of rotatable bonds is 7. The molecule has 0 aromatic carbocycles. The fourth-order valence-electron chi connectivity index (χ4n) is 1.77. The van der Waals surface area contributed by atoms with Crippen molar-refractivity contribution < 1.29 is 9.00 Å². The van der Waals surface area contributed by atoms with Crippen LogP contribution in [0.5, 0.6) is 0 Å². The molecule has 1 aromatic heterocycles. The number of amides is 1. The molecule has 21 heavy (non-hydrogen) atoms. The lowest BCUT2D eigenvalue weighted by molar-refractivity contribution is 0.0939. The molecular formula is C14H24N4O2S. The van der Waals surface area contributed by atoms with E-state index in [-0.39, 0.29) is 17.9 Å². The van der Waals surface area contributed by atoms with Crippen molar-refractivity contribution in [3.8, 4) is 0 Å². The molecule has 2 unspecified atom stereocenters. The van der Waals surface area contributed by atoms with Gasteiger partial charge in [-0.25, -0.2) is 10.8 Å². The maximum absolute atomic E-state index is 12.3. The van der Waals surface area contributed by atoms with Crippen LogP contribution in [0.4, 0.5) is 5.82 Å². The average molecular weight is 312 g/mol. The zero-order chi connectivity index (χ0) is 16.0. The molecule has 0 aliphatic carbocycles. The SMILES string of the molecule is CC(CCS(C)=O)NC(=O)c1cc(NN)nc(C(C)C)c1. The molecule has 0 aliphatic rings. The van der Waals surface area contributed by atoms with Gasteiger partial charge in [0.1, 0.15) is 5.82 Å². The molecular weight excluding hydrogens is 288 g/mol. The van der Waals surface area contributed by atoms with Gasteiger partial charge in [0, 0.05) is 40.1 Å². The van der Waals surface area contributed by atoms with E-state index in [2.05, 4.69) is 15.7 Å². The van der Waals surface area contributed by atoms with Gasteiger partial charge in [-0.1, -0.05) is 13.8 Å². The van der Waals surface area contributed by atoms with E-state index in [1.54, 1.807) is 18.4 Å². The lowest BCUT2D eigenvalue weighted by atomic mass is 10.1. The predicted molar refractivity (Wildman–Crippen MR) is 86.6 cm³/mol. The van der Waals surface area contributed by atoms with Crippen LogP contribution in [0.3, 0.4) is 0 Å². The molecule has 1 rings (SSSR count). The summed E-state index contributed by atoms with van der Waals surface area (Å²) in [7, 11) is -0.848. The Labute approximate surface area is 128 Å². The van der Waals surface area contributed by atoms with Crippen LogP contribution in [0.15, 0.2) is 12.1 Å². The number of hydrogen-bond acceptors (Lipinski definition) is 5. The van der Waals surface area contributed by atoms with Crippen molar-refractivity contribution in [2.24, 2.45) is 5.84 Å². The number of hydrazine groups is 1. The van der Waals surface area contributed by atoms with Gasteiger partial charge in [0.15, 0.2) is 0 Å². The van der Waals surface area contributed by atoms with E-state index < -0.39 is 10.8 Å². The third kappa shape index (κ3) is 5.81. The van der Waals surface area contributed by atoms with E-state index in [4.69, 9.17) is 5.84 Å². The van der Waals surface area contributed by atoms with E-state index in [0.717, 1.165) is 5.69 Å². The van der Waals surface area contributed by atoms with Gasteiger partial charge in [0.25, 0.3) is 5.91 Å². The summed E-state index contributed by atoms with van der Waals surface area (Å²) >= 11 is 0. The highest BCUT2D eigenvalue weighted by atomic mass is 32.2. The molecule has 0 bridgehead atoms. The van der Waals surface area contributed by atoms with Crippen LogP contribution in [-0.4, -0.2) is 33.2 Å². The first-order chi connectivity index (χ1) is 9.83. The molecule has 0 saturated carbocycles. The normalized spacial score (nSPS) is 13.8. The summed E-state index contributed by atoms with van der Waals surface area (Å²) in [5, 5.41) is 2.90. The molecule has 7 heteroatoms. The standard InChI is InChI=1S/C14H24N4O2S/c1-9(2)12-7-11(8-13(17-12)18-15)14(19)16-10(3)5-6-21(4)20/h7-10H,5-6,15H2,1-4H3,(H,16,19)(H,17,18). The summed E-state index contributed by atoms with van der Waals surface area (Å²) in [6, 6.07) is 3.35. The Bertz CT molecular complexity index is 520. The minimum atomic E-state index is -0.848. The van der Waals surface area contributed by atoms with Crippen LogP contribution in [0, 0.1) is 0 Å². The van der Waals surface area contributed by atoms with Crippen molar-refractivity contribution in [1.29, 1.82) is 0 Å². The number of hydrogen-bond donors (Lipinski definition) is 3. The maximum Gasteiger partial charge on any atom is 0.251 e. The van der Waals surface area contributed by atoms with Gasteiger partial charge in [-0.05, 0) is 31.4 Å². The van der Waals surface area contributed by atoms with E-state index in [0.29, 0.717) is 23.6 Å². The Hall–Kier alpha value is -1.47. The Morgan fingerprint density at radius 1 is 1.38 bits per heavy atom.